The lowest BCUT2D eigenvalue weighted by atomic mass is 9.99. The molecule has 92 valence electrons. The number of aliphatic carboxylic acids is 1. The molecule has 0 aromatic rings. The number of thiocyanates is 1. The normalized spacial score (nSPS) is 40.2. The van der Waals surface area contributed by atoms with E-state index in [1.807, 2.05) is 5.40 Å². The highest BCUT2D eigenvalue weighted by Crippen LogP contribution is 2.47. The smallest absolute Gasteiger partial charge is 0.323 e. The summed E-state index contributed by atoms with van der Waals surface area (Å²) in [6, 6.07) is -0.540. The van der Waals surface area contributed by atoms with Crippen LogP contribution in [-0.4, -0.2) is 49.8 Å². The molecule has 17 heavy (non-hydrogen) atoms. The SMILES string of the molecule is CC1S[C@@H]2C(N)C(=O)N2CC1(SC#N)C(=O)O. The van der Waals surface area contributed by atoms with Crippen molar-refractivity contribution in [3.8, 4) is 5.40 Å². The van der Waals surface area contributed by atoms with Crippen LogP contribution in [0.15, 0.2) is 0 Å². The summed E-state index contributed by atoms with van der Waals surface area (Å²) >= 11 is 2.06. The van der Waals surface area contributed by atoms with Crippen LogP contribution in [-0.2, 0) is 9.59 Å². The monoisotopic (exact) mass is 273 g/mol. The van der Waals surface area contributed by atoms with E-state index in [0.717, 1.165) is 0 Å². The van der Waals surface area contributed by atoms with Crippen LogP contribution in [0.1, 0.15) is 6.92 Å². The van der Waals surface area contributed by atoms with Crippen molar-refractivity contribution < 1.29 is 14.7 Å². The zero-order valence-corrected chi connectivity index (χ0v) is 10.6. The van der Waals surface area contributed by atoms with Crippen LogP contribution in [0.5, 0.6) is 0 Å². The Morgan fingerprint density at radius 1 is 1.82 bits per heavy atom. The number of nitrogens with two attached hydrogens (primary N) is 1. The standard InChI is InChI=1S/C9H11N3O3S2/c1-4-9(8(14)15,16-3-10)2-12-6(13)5(11)7(12)17-4/h4-5,7H,2,11H2,1H3,(H,14,15)/t4?,5?,7-,9?/m1/s1. The van der Waals surface area contributed by atoms with Gasteiger partial charge in [0.1, 0.15) is 16.8 Å². The van der Waals surface area contributed by atoms with Crippen LogP contribution in [0, 0.1) is 10.7 Å². The molecule has 0 aliphatic carbocycles. The number of nitrogens with zero attached hydrogens (tertiary/aromatic N) is 2. The molecule has 0 spiro atoms. The lowest BCUT2D eigenvalue weighted by molar-refractivity contribution is -0.149. The number of carbonyl (C=O) groups excluding carboxylic acids is 1. The summed E-state index contributed by atoms with van der Waals surface area (Å²) in [6.45, 7) is 1.81. The molecule has 0 saturated carbocycles. The van der Waals surface area contributed by atoms with Gasteiger partial charge in [0, 0.05) is 11.8 Å². The maximum absolute atomic E-state index is 11.5. The number of hydrogen-bond acceptors (Lipinski definition) is 6. The minimum atomic E-state index is -1.26. The number of nitriles is 1. The third kappa shape index (κ3) is 1.61. The lowest BCUT2D eigenvalue weighted by Crippen LogP contribution is -2.74. The molecule has 2 aliphatic heterocycles. The molecular formula is C9H11N3O3S2. The molecule has 2 aliphatic rings. The Balaban J connectivity index is 2.28. The molecule has 0 aromatic carbocycles. The summed E-state index contributed by atoms with van der Waals surface area (Å²) in [6.07, 6.45) is 0. The van der Waals surface area contributed by atoms with Gasteiger partial charge in [-0.1, -0.05) is 6.92 Å². The molecule has 4 atom stereocenters. The second-order valence-electron chi connectivity index (χ2n) is 4.05. The first-order chi connectivity index (χ1) is 7.94. The highest BCUT2D eigenvalue weighted by atomic mass is 32.2. The van der Waals surface area contributed by atoms with Crippen LogP contribution in [0.25, 0.3) is 0 Å². The molecule has 2 heterocycles. The second-order valence-corrected chi connectivity index (χ2v) is 6.63. The van der Waals surface area contributed by atoms with Gasteiger partial charge in [0.15, 0.2) is 4.75 Å². The maximum Gasteiger partial charge on any atom is 0.323 e. The number of thioether (sulfide) groups is 2. The molecule has 3 unspecified atom stereocenters. The van der Waals surface area contributed by atoms with E-state index in [1.54, 1.807) is 6.92 Å². The van der Waals surface area contributed by atoms with Crippen molar-refractivity contribution in [3.63, 3.8) is 0 Å². The minimum absolute atomic E-state index is 0.0475. The van der Waals surface area contributed by atoms with Crippen molar-refractivity contribution in [2.24, 2.45) is 5.73 Å². The molecule has 1 amide bonds. The van der Waals surface area contributed by atoms with Crippen molar-refractivity contribution in [2.45, 2.75) is 28.3 Å². The Hall–Kier alpha value is -0.910. The highest BCUT2D eigenvalue weighted by Gasteiger charge is 2.59. The van der Waals surface area contributed by atoms with Crippen molar-refractivity contribution in [1.29, 1.82) is 5.26 Å². The van der Waals surface area contributed by atoms with Crippen LogP contribution in [0.3, 0.4) is 0 Å². The van der Waals surface area contributed by atoms with Crippen molar-refractivity contribution in [1.82, 2.24) is 4.90 Å². The van der Waals surface area contributed by atoms with E-state index in [0.29, 0.717) is 11.8 Å². The van der Waals surface area contributed by atoms with E-state index in [9.17, 15) is 14.7 Å². The van der Waals surface area contributed by atoms with E-state index in [2.05, 4.69) is 0 Å². The number of carbonyl (C=O) groups is 2. The molecular weight excluding hydrogens is 262 g/mol. The number of rotatable bonds is 2. The second kappa shape index (κ2) is 4.08. The zero-order chi connectivity index (χ0) is 12.8. The fourth-order valence-corrected chi connectivity index (χ4v) is 4.41. The molecule has 0 aromatic heterocycles. The molecule has 2 saturated heterocycles. The number of carboxylic acid groups (broad SMARTS) is 1. The fourth-order valence-electron chi connectivity index (χ4n) is 2.06. The maximum atomic E-state index is 11.5. The van der Waals surface area contributed by atoms with E-state index >= 15 is 0 Å². The predicted molar refractivity (Wildman–Crippen MR) is 64.1 cm³/mol. The van der Waals surface area contributed by atoms with Gasteiger partial charge in [-0.2, -0.15) is 5.26 Å². The largest absolute Gasteiger partial charge is 0.480 e. The van der Waals surface area contributed by atoms with Gasteiger partial charge in [0.25, 0.3) is 0 Å². The van der Waals surface area contributed by atoms with Gasteiger partial charge >= 0.3 is 5.97 Å². The van der Waals surface area contributed by atoms with E-state index in [-0.39, 0.29) is 23.1 Å². The number of carboxylic acids is 1. The average Bonchev–Trinajstić information content (AvgIpc) is 2.30. The number of β-lactam (4-membered cyclic amide) rings is 1. The molecule has 3 N–H and O–H groups in total. The third-order valence-electron chi connectivity index (χ3n) is 3.18. The lowest BCUT2D eigenvalue weighted by Gasteiger charge is -2.54. The first-order valence-electron chi connectivity index (χ1n) is 4.96. The van der Waals surface area contributed by atoms with E-state index in [1.165, 1.54) is 16.7 Å². The molecule has 0 radical (unpaired) electrons. The van der Waals surface area contributed by atoms with Crippen LogP contribution < -0.4 is 5.73 Å². The first kappa shape index (κ1) is 12.5. The first-order valence-corrected chi connectivity index (χ1v) is 6.72. The Morgan fingerprint density at radius 2 is 2.47 bits per heavy atom. The van der Waals surface area contributed by atoms with Gasteiger partial charge in [-0.3, -0.25) is 9.59 Å². The minimum Gasteiger partial charge on any atom is -0.480 e. The van der Waals surface area contributed by atoms with Crippen molar-refractivity contribution in [2.75, 3.05) is 6.54 Å². The van der Waals surface area contributed by atoms with Crippen molar-refractivity contribution in [3.05, 3.63) is 0 Å². The number of fused-ring (bicyclic) bond motifs is 1. The summed E-state index contributed by atoms with van der Waals surface area (Å²) in [5.41, 5.74) is 5.65. The molecule has 8 heteroatoms. The third-order valence-corrected chi connectivity index (χ3v) is 6.08. The van der Waals surface area contributed by atoms with Crippen LogP contribution in [0.2, 0.25) is 0 Å². The number of amides is 1. The topological polar surface area (TPSA) is 107 Å². The number of hydrogen-bond donors (Lipinski definition) is 2. The Bertz CT molecular complexity index is 424. The van der Waals surface area contributed by atoms with Crippen LogP contribution >= 0.6 is 23.5 Å². The van der Waals surface area contributed by atoms with Gasteiger partial charge in [0.05, 0.1) is 0 Å². The van der Waals surface area contributed by atoms with E-state index < -0.39 is 16.8 Å². The van der Waals surface area contributed by atoms with Gasteiger partial charge in [-0.25, -0.2) is 0 Å². The average molecular weight is 273 g/mol. The Labute approximate surface area is 107 Å². The summed E-state index contributed by atoms with van der Waals surface area (Å²) in [7, 11) is 0. The summed E-state index contributed by atoms with van der Waals surface area (Å²) < 4.78 is -1.26. The van der Waals surface area contributed by atoms with E-state index in [4.69, 9.17) is 11.0 Å². The van der Waals surface area contributed by atoms with Gasteiger partial charge in [-0.05, 0) is 11.8 Å². The fraction of sp³-hybridized carbons (Fsp3) is 0.667. The van der Waals surface area contributed by atoms with Gasteiger partial charge in [0.2, 0.25) is 5.91 Å². The molecule has 2 rings (SSSR count). The molecule has 2 fully saturated rings. The van der Waals surface area contributed by atoms with Gasteiger partial charge in [-0.15, -0.1) is 11.8 Å². The predicted octanol–water partition coefficient (Wildman–Crippen LogP) is -0.345. The quantitative estimate of drug-likeness (QED) is 0.523. The summed E-state index contributed by atoms with van der Waals surface area (Å²) in [5, 5.41) is 19.5. The Kier molecular flexibility index (Phi) is 3.01. The Morgan fingerprint density at radius 3 is 3.00 bits per heavy atom. The summed E-state index contributed by atoms with van der Waals surface area (Å²) in [5.74, 6) is -1.30. The van der Waals surface area contributed by atoms with Crippen LogP contribution in [0.4, 0.5) is 0 Å². The zero-order valence-electron chi connectivity index (χ0n) is 8.99. The van der Waals surface area contributed by atoms with Crippen molar-refractivity contribution >= 4 is 35.4 Å². The highest BCUT2D eigenvalue weighted by molar-refractivity contribution is 8.08. The summed E-state index contributed by atoms with van der Waals surface area (Å²) in [4.78, 5) is 24.4. The van der Waals surface area contributed by atoms with Gasteiger partial charge < -0.3 is 15.7 Å². The molecule has 0 bridgehead atoms. The molecule has 6 nitrogen and oxygen atoms in total.